The summed E-state index contributed by atoms with van der Waals surface area (Å²) in [5.74, 6) is 0.647. The minimum absolute atomic E-state index is 0.0201. The largest absolute Gasteiger partial charge is 0.491 e. The minimum Gasteiger partial charge on any atom is -0.491 e. The molecule has 0 radical (unpaired) electrons. The predicted molar refractivity (Wildman–Crippen MR) is 81.5 cm³/mol. The molecule has 4 nitrogen and oxygen atoms in total. The lowest BCUT2D eigenvalue weighted by atomic mass is 10.0. The van der Waals surface area contributed by atoms with Crippen LogP contribution in [0.3, 0.4) is 0 Å². The van der Waals surface area contributed by atoms with Crippen molar-refractivity contribution in [3.63, 3.8) is 0 Å². The van der Waals surface area contributed by atoms with Crippen LogP contribution in [-0.2, 0) is 4.79 Å². The van der Waals surface area contributed by atoms with Crippen molar-refractivity contribution < 1.29 is 9.53 Å². The highest BCUT2D eigenvalue weighted by molar-refractivity contribution is 6.31. The first kappa shape index (κ1) is 15.1. The van der Waals surface area contributed by atoms with Crippen LogP contribution in [0, 0.1) is 0 Å². The number of amides is 1. The van der Waals surface area contributed by atoms with Gasteiger partial charge >= 0.3 is 0 Å². The van der Waals surface area contributed by atoms with Gasteiger partial charge < -0.3 is 15.4 Å². The first-order valence-electron chi connectivity index (χ1n) is 7.17. The molecule has 1 aliphatic rings. The van der Waals surface area contributed by atoms with E-state index in [2.05, 4.69) is 10.6 Å². The van der Waals surface area contributed by atoms with Gasteiger partial charge in [-0.1, -0.05) is 24.9 Å². The number of rotatable bonds is 5. The molecule has 0 spiro atoms. The van der Waals surface area contributed by atoms with Crippen LogP contribution >= 0.6 is 11.6 Å². The Bertz CT molecular complexity index is 459. The molecular weight excluding hydrogens is 276 g/mol. The standard InChI is InChI=1S/C15H21ClN2O2/c1-2-9-20-14-7-6-11(16)10-13(14)18-15(19)12-5-3-4-8-17-12/h6-7,10,12,17H,2-5,8-9H2,1H3,(H,18,19)/t12-/m0/s1. The van der Waals surface area contributed by atoms with Crippen LogP contribution in [0.5, 0.6) is 5.75 Å². The van der Waals surface area contributed by atoms with E-state index in [0.29, 0.717) is 23.1 Å². The van der Waals surface area contributed by atoms with E-state index in [1.165, 1.54) is 0 Å². The van der Waals surface area contributed by atoms with Gasteiger partial charge in [-0.2, -0.15) is 0 Å². The molecule has 1 aromatic carbocycles. The maximum absolute atomic E-state index is 12.2. The first-order valence-corrected chi connectivity index (χ1v) is 7.55. The van der Waals surface area contributed by atoms with Gasteiger partial charge in [0.15, 0.2) is 0 Å². The Morgan fingerprint density at radius 1 is 1.50 bits per heavy atom. The van der Waals surface area contributed by atoms with Crippen molar-refractivity contribution in [1.82, 2.24) is 5.32 Å². The van der Waals surface area contributed by atoms with Crippen LogP contribution in [0.25, 0.3) is 0 Å². The molecule has 0 aromatic heterocycles. The van der Waals surface area contributed by atoms with Crippen LogP contribution in [0.4, 0.5) is 5.69 Å². The fourth-order valence-electron chi connectivity index (χ4n) is 2.23. The predicted octanol–water partition coefficient (Wildman–Crippen LogP) is 3.21. The summed E-state index contributed by atoms with van der Waals surface area (Å²) < 4.78 is 5.64. The molecule has 1 amide bonds. The van der Waals surface area contributed by atoms with E-state index in [9.17, 15) is 4.79 Å². The summed E-state index contributed by atoms with van der Waals surface area (Å²) >= 11 is 6.00. The van der Waals surface area contributed by atoms with E-state index in [-0.39, 0.29) is 11.9 Å². The molecule has 0 unspecified atom stereocenters. The van der Waals surface area contributed by atoms with Crippen molar-refractivity contribution in [2.45, 2.75) is 38.6 Å². The number of anilines is 1. The van der Waals surface area contributed by atoms with Gasteiger partial charge in [0.2, 0.25) is 5.91 Å². The minimum atomic E-state index is -0.123. The molecule has 1 aromatic rings. The van der Waals surface area contributed by atoms with Crippen molar-refractivity contribution in [1.29, 1.82) is 0 Å². The summed E-state index contributed by atoms with van der Waals surface area (Å²) in [4.78, 5) is 12.2. The number of carbonyl (C=O) groups excluding carboxylic acids is 1. The van der Waals surface area contributed by atoms with E-state index in [1.807, 2.05) is 6.92 Å². The molecule has 0 saturated carbocycles. The third kappa shape index (κ3) is 4.12. The Labute approximate surface area is 124 Å². The highest BCUT2D eigenvalue weighted by atomic mass is 35.5. The fourth-order valence-corrected chi connectivity index (χ4v) is 2.41. The average Bonchev–Trinajstić information content (AvgIpc) is 2.47. The topological polar surface area (TPSA) is 50.4 Å². The lowest BCUT2D eigenvalue weighted by Crippen LogP contribution is -2.43. The summed E-state index contributed by atoms with van der Waals surface area (Å²) in [7, 11) is 0. The van der Waals surface area contributed by atoms with Gasteiger partial charge in [-0.25, -0.2) is 0 Å². The summed E-state index contributed by atoms with van der Waals surface area (Å²) in [5, 5.41) is 6.73. The van der Waals surface area contributed by atoms with Crippen molar-refractivity contribution >= 4 is 23.2 Å². The summed E-state index contributed by atoms with van der Waals surface area (Å²) in [6.45, 7) is 3.55. The van der Waals surface area contributed by atoms with Crippen molar-refractivity contribution in [3.05, 3.63) is 23.2 Å². The van der Waals surface area contributed by atoms with Gasteiger partial charge in [-0.3, -0.25) is 4.79 Å². The monoisotopic (exact) mass is 296 g/mol. The Morgan fingerprint density at radius 3 is 3.05 bits per heavy atom. The third-order valence-corrected chi connectivity index (χ3v) is 3.52. The number of nitrogens with one attached hydrogen (secondary N) is 2. The van der Waals surface area contributed by atoms with E-state index >= 15 is 0 Å². The molecule has 0 bridgehead atoms. The van der Waals surface area contributed by atoms with Crippen LogP contribution in [-0.4, -0.2) is 25.1 Å². The molecule has 1 aliphatic heterocycles. The van der Waals surface area contributed by atoms with Crippen molar-refractivity contribution in [2.75, 3.05) is 18.5 Å². The molecule has 0 aliphatic carbocycles. The first-order chi connectivity index (χ1) is 9.70. The molecule has 1 heterocycles. The lowest BCUT2D eigenvalue weighted by molar-refractivity contribution is -0.118. The molecule has 1 saturated heterocycles. The number of benzene rings is 1. The highest BCUT2D eigenvalue weighted by Gasteiger charge is 2.21. The summed E-state index contributed by atoms with van der Waals surface area (Å²) in [6, 6.07) is 5.16. The lowest BCUT2D eigenvalue weighted by Gasteiger charge is -2.23. The Kier molecular flexibility index (Phi) is 5.68. The van der Waals surface area contributed by atoms with E-state index in [1.54, 1.807) is 18.2 Å². The maximum Gasteiger partial charge on any atom is 0.241 e. The quantitative estimate of drug-likeness (QED) is 0.877. The van der Waals surface area contributed by atoms with E-state index < -0.39 is 0 Å². The third-order valence-electron chi connectivity index (χ3n) is 3.29. The summed E-state index contributed by atoms with van der Waals surface area (Å²) in [5.41, 5.74) is 0.642. The number of carbonyl (C=O) groups is 1. The second-order valence-electron chi connectivity index (χ2n) is 4.98. The average molecular weight is 297 g/mol. The Balaban J connectivity index is 2.06. The fraction of sp³-hybridized carbons (Fsp3) is 0.533. The molecule has 1 fully saturated rings. The Morgan fingerprint density at radius 2 is 2.35 bits per heavy atom. The van der Waals surface area contributed by atoms with E-state index in [4.69, 9.17) is 16.3 Å². The second-order valence-corrected chi connectivity index (χ2v) is 5.42. The number of hydrogen-bond donors (Lipinski definition) is 2. The second kappa shape index (κ2) is 7.50. The van der Waals surface area contributed by atoms with Gasteiger partial charge in [-0.05, 0) is 44.0 Å². The zero-order chi connectivity index (χ0) is 14.4. The molecule has 2 N–H and O–H groups in total. The van der Waals surface area contributed by atoms with Gasteiger partial charge in [-0.15, -0.1) is 0 Å². The normalized spacial score (nSPS) is 18.6. The molecule has 1 atom stereocenters. The molecule has 2 rings (SSSR count). The van der Waals surface area contributed by atoms with Gasteiger partial charge in [0.25, 0.3) is 0 Å². The zero-order valence-corrected chi connectivity index (χ0v) is 12.5. The van der Waals surface area contributed by atoms with Crippen LogP contribution in [0.2, 0.25) is 5.02 Å². The number of piperidine rings is 1. The zero-order valence-electron chi connectivity index (χ0n) is 11.7. The van der Waals surface area contributed by atoms with Crippen LogP contribution in [0.1, 0.15) is 32.6 Å². The van der Waals surface area contributed by atoms with Gasteiger partial charge in [0.05, 0.1) is 18.3 Å². The van der Waals surface area contributed by atoms with E-state index in [0.717, 1.165) is 32.2 Å². The molecule has 20 heavy (non-hydrogen) atoms. The molecule has 110 valence electrons. The Hall–Kier alpha value is -1.26. The maximum atomic E-state index is 12.2. The number of hydrogen-bond acceptors (Lipinski definition) is 3. The summed E-state index contributed by atoms with van der Waals surface area (Å²) in [6.07, 6.45) is 4.00. The van der Waals surface area contributed by atoms with Gasteiger partial charge in [0.1, 0.15) is 5.75 Å². The molecular formula is C15H21ClN2O2. The van der Waals surface area contributed by atoms with Crippen LogP contribution in [0.15, 0.2) is 18.2 Å². The van der Waals surface area contributed by atoms with Crippen LogP contribution < -0.4 is 15.4 Å². The smallest absolute Gasteiger partial charge is 0.241 e. The highest BCUT2D eigenvalue weighted by Crippen LogP contribution is 2.28. The van der Waals surface area contributed by atoms with Crippen molar-refractivity contribution in [2.24, 2.45) is 0 Å². The SMILES string of the molecule is CCCOc1ccc(Cl)cc1NC(=O)[C@@H]1CCCCN1. The van der Waals surface area contributed by atoms with Gasteiger partial charge in [0, 0.05) is 5.02 Å². The van der Waals surface area contributed by atoms with Crippen molar-refractivity contribution in [3.8, 4) is 5.75 Å². The number of halogens is 1. The molecule has 5 heteroatoms. The number of ether oxygens (including phenoxy) is 1.